The highest BCUT2D eigenvalue weighted by atomic mass is 19.4. The normalized spacial score (nSPS) is 11.3. The lowest BCUT2D eigenvalue weighted by atomic mass is 9.97. The van der Waals surface area contributed by atoms with Gasteiger partial charge in [-0.2, -0.15) is 13.2 Å². The summed E-state index contributed by atoms with van der Waals surface area (Å²) in [5.41, 5.74) is -1.58. The van der Waals surface area contributed by atoms with Gasteiger partial charge in [-0.1, -0.05) is 18.2 Å². The molecule has 0 fully saturated rings. The molecule has 2 rings (SSSR count). The Kier molecular flexibility index (Phi) is 4.49. The second-order valence-corrected chi connectivity index (χ2v) is 4.46. The smallest absolute Gasteiger partial charge is 0.417 e. The highest BCUT2D eigenvalue weighted by Crippen LogP contribution is 2.38. The van der Waals surface area contributed by atoms with Crippen LogP contribution in [0.4, 0.5) is 17.6 Å². The zero-order valence-corrected chi connectivity index (χ0v) is 11.6. The van der Waals surface area contributed by atoms with Gasteiger partial charge in [0, 0.05) is 5.56 Å². The van der Waals surface area contributed by atoms with Gasteiger partial charge in [0.05, 0.1) is 17.7 Å². The van der Waals surface area contributed by atoms with Crippen LogP contribution in [0.25, 0.3) is 11.1 Å². The summed E-state index contributed by atoms with van der Waals surface area (Å²) in [6, 6.07) is 7.82. The second kappa shape index (κ2) is 6.17. The molecule has 0 bridgehead atoms. The van der Waals surface area contributed by atoms with E-state index < -0.39 is 23.5 Å². The van der Waals surface area contributed by atoms with Gasteiger partial charge in [0.15, 0.2) is 0 Å². The van der Waals surface area contributed by atoms with E-state index in [0.717, 1.165) is 24.3 Å². The molecule has 0 atom stereocenters. The van der Waals surface area contributed by atoms with Crippen LogP contribution in [0, 0.1) is 5.82 Å². The third-order valence-corrected chi connectivity index (χ3v) is 3.00. The van der Waals surface area contributed by atoms with Crippen molar-refractivity contribution in [1.29, 1.82) is 0 Å². The minimum Gasteiger partial charge on any atom is -0.462 e. The molecule has 0 amide bonds. The maximum atomic E-state index is 14.0. The van der Waals surface area contributed by atoms with Gasteiger partial charge < -0.3 is 4.74 Å². The second-order valence-electron chi connectivity index (χ2n) is 4.46. The summed E-state index contributed by atoms with van der Waals surface area (Å²) in [7, 11) is 0. The van der Waals surface area contributed by atoms with Crippen molar-refractivity contribution in [2.24, 2.45) is 0 Å². The topological polar surface area (TPSA) is 26.3 Å². The highest BCUT2D eigenvalue weighted by Gasteiger charge is 2.34. The summed E-state index contributed by atoms with van der Waals surface area (Å²) in [6.45, 7) is 1.71. The molecule has 0 radical (unpaired) electrons. The first-order chi connectivity index (χ1) is 10.3. The number of carbonyl (C=O) groups is 1. The zero-order valence-electron chi connectivity index (χ0n) is 11.6. The Bertz CT molecular complexity index is 693. The van der Waals surface area contributed by atoms with Crippen LogP contribution in [0.5, 0.6) is 0 Å². The van der Waals surface area contributed by atoms with E-state index in [1.165, 1.54) is 18.2 Å². The quantitative estimate of drug-likeness (QED) is 0.607. The summed E-state index contributed by atoms with van der Waals surface area (Å²) in [6.07, 6.45) is -4.62. The van der Waals surface area contributed by atoms with Gasteiger partial charge in [-0.3, -0.25) is 0 Å². The van der Waals surface area contributed by atoms with Gasteiger partial charge in [0.2, 0.25) is 0 Å². The Morgan fingerprint density at radius 2 is 1.77 bits per heavy atom. The number of rotatable bonds is 3. The molecule has 0 unspecified atom stereocenters. The number of ether oxygens (including phenoxy) is 1. The van der Waals surface area contributed by atoms with Gasteiger partial charge in [-0.25, -0.2) is 9.18 Å². The van der Waals surface area contributed by atoms with Crippen LogP contribution in [0.1, 0.15) is 22.8 Å². The number of esters is 1. The van der Waals surface area contributed by atoms with E-state index in [1.807, 2.05) is 0 Å². The van der Waals surface area contributed by atoms with E-state index in [2.05, 4.69) is 0 Å². The molecule has 0 aromatic heterocycles. The fourth-order valence-electron chi connectivity index (χ4n) is 2.04. The molecule has 2 aromatic rings. The van der Waals surface area contributed by atoms with Gasteiger partial charge in [0.25, 0.3) is 0 Å². The van der Waals surface area contributed by atoms with E-state index in [0.29, 0.717) is 0 Å². The fraction of sp³-hybridized carbons (Fsp3) is 0.188. The molecule has 0 aliphatic carbocycles. The molecule has 2 nitrogen and oxygen atoms in total. The van der Waals surface area contributed by atoms with Gasteiger partial charge in [0.1, 0.15) is 5.82 Å². The minimum atomic E-state index is -4.62. The van der Waals surface area contributed by atoms with Crippen LogP contribution in [0.15, 0.2) is 42.5 Å². The summed E-state index contributed by atoms with van der Waals surface area (Å²) < 4.78 is 57.8. The van der Waals surface area contributed by atoms with Gasteiger partial charge in [-0.05, 0) is 36.8 Å². The highest BCUT2D eigenvalue weighted by molar-refractivity contribution is 5.91. The summed E-state index contributed by atoms with van der Waals surface area (Å²) >= 11 is 0. The van der Waals surface area contributed by atoms with Crippen molar-refractivity contribution >= 4 is 5.97 Å². The standard InChI is InChI=1S/C16H12F4O2/c1-2-22-15(21)10-7-8-14(17)12(9-10)11-5-3-4-6-13(11)16(18,19)20/h3-9H,2H2,1H3. The summed E-state index contributed by atoms with van der Waals surface area (Å²) in [5.74, 6) is -1.56. The SMILES string of the molecule is CCOC(=O)c1ccc(F)c(-c2ccccc2C(F)(F)F)c1. The molecule has 0 saturated carbocycles. The Hall–Kier alpha value is -2.37. The number of halogens is 4. The predicted molar refractivity (Wildman–Crippen MR) is 72.8 cm³/mol. The van der Waals surface area contributed by atoms with Crippen molar-refractivity contribution < 1.29 is 27.1 Å². The largest absolute Gasteiger partial charge is 0.462 e. The third kappa shape index (κ3) is 3.27. The maximum Gasteiger partial charge on any atom is 0.417 e. The van der Waals surface area contributed by atoms with Crippen LogP contribution in [-0.4, -0.2) is 12.6 Å². The molecule has 0 heterocycles. The molecular weight excluding hydrogens is 300 g/mol. The molecule has 6 heteroatoms. The molecular formula is C16H12F4O2. The van der Waals surface area contributed by atoms with E-state index in [9.17, 15) is 22.4 Å². The molecule has 0 aliphatic rings. The summed E-state index contributed by atoms with van der Waals surface area (Å²) in [4.78, 5) is 11.7. The molecule has 0 N–H and O–H groups in total. The Morgan fingerprint density at radius 1 is 1.09 bits per heavy atom. The number of alkyl halides is 3. The molecule has 22 heavy (non-hydrogen) atoms. The van der Waals surface area contributed by atoms with E-state index in [-0.39, 0.29) is 23.3 Å². The first-order valence-electron chi connectivity index (χ1n) is 6.48. The molecule has 2 aromatic carbocycles. The maximum absolute atomic E-state index is 14.0. The van der Waals surface area contributed by atoms with Crippen molar-refractivity contribution in [3.05, 3.63) is 59.4 Å². The first-order valence-corrected chi connectivity index (χ1v) is 6.48. The Balaban J connectivity index is 2.58. The van der Waals surface area contributed by atoms with Crippen molar-refractivity contribution in [3.63, 3.8) is 0 Å². The van der Waals surface area contributed by atoms with Gasteiger partial charge in [-0.15, -0.1) is 0 Å². The van der Waals surface area contributed by atoms with Crippen molar-refractivity contribution in [3.8, 4) is 11.1 Å². The van der Waals surface area contributed by atoms with Crippen LogP contribution in [0.3, 0.4) is 0 Å². The number of hydrogen-bond donors (Lipinski definition) is 0. The minimum absolute atomic E-state index is 0.00442. The van der Waals surface area contributed by atoms with Crippen molar-refractivity contribution in [1.82, 2.24) is 0 Å². The Morgan fingerprint density at radius 3 is 2.41 bits per heavy atom. The van der Waals surface area contributed by atoms with Crippen LogP contribution < -0.4 is 0 Å². The fourth-order valence-corrected chi connectivity index (χ4v) is 2.04. The lowest BCUT2D eigenvalue weighted by molar-refractivity contribution is -0.137. The van der Waals surface area contributed by atoms with E-state index in [4.69, 9.17) is 4.74 Å². The summed E-state index contributed by atoms with van der Waals surface area (Å²) in [5, 5.41) is 0. The molecule has 0 spiro atoms. The monoisotopic (exact) mass is 312 g/mol. The third-order valence-electron chi connectivity index (χ3n) is 3.00. The number of hydrogen-bond acceptors (Lipinski definition) is 2. The van der Waals surface area contributed by atoms with Gasteiger partial charge >= 0.3 is 12.1 Å². The van der Waals surface area contributed by atoms with Crippen LogP contribution >= 0.6 is 0 Å². The average molecular weight is 312 g/mol. The van der Waals surface area contributed by atoms with Crippen LogP contribution in [-0.2, 0) is 10.9 Å². The molecule has 0 aliphatic heterocycles. The Labute approximate surface area is 124 Å². The lowest BCUT2D eigenvalue weighted by Crippen LogP contribution is -2.09. The predicted octanol–water partition coefficient (Wildman–Crippen LogP) is 4.69. The molecule has 0 saturated heterocycles. The lowest BCUT2D eigenvalue weighted by Gasteiger charge is -2.14. The number of benzene rings is 2. The van der Waals surface area contributed by atoms with Crippen molar-refractivity contribution in [2.75, 3.05) is 6.61 Å². The van der Waals surface area contributed by atoms with Crippen LogP contribution in [0.2, 0.25) is 0 Å². The first kappa shape index (κ1) is 16.0. The van der Waals surface area contributed by atoms with E-state index >= 15 is 0 Å². The number of carbonyl (C=O) groups excluding carboxylic acids is 1. The molecule has 116 valence electrons. The van der Waals surface area contributed by atoms with Crippen molar-refractivity contribution in [2.45, 2.75) is 13.1 Å². The van der Waals surface area contributed by atoms with E-state index in [1.54, 1.807) is 6.92 Å². The average Bonchev–Trinajstić information content (AvgIpc) is 2.47. The zero-order chi connectivity index (χ0) is 16.3.